The number of benzene rings is 2. The molecular weight excluding hydrogens is 480 g/mol. The first-order valence-electron chi connectivity index (χ1n) is 13.1. The summed E-state index contributed by atoms with van der Waals surface area (Å²) in [4.78, 5) is 25.8. The van der Waals surface area contributed by atoms with Gasteiger partial charge in [-0.2, -0.15) is 0 Å². The molecule has 7 heteroatoms. The van der Waals surface area contributed by atoms with Gasteiger partial charge in [-0.3, -0.25) is 9.59 Å². The molecule has 5 rings (SSSR count). The summed E-state index contributed by atoms with van der Waals surface area (Å²) in [6.45, 7) is 1.50. The first-order valence-corrected chi connectivity index (χ1v) is 13.1. The van der Waals surface area contributed by atoms with Crippen molar-refractivity contribution in [3.05, 3.63) is 81.0 Å². The summed E-state index contributed by atoms with van der Waals surface area (Å²) in [5.41, 5.74) is 6.40. The third kappa shape index (κ3) is 4.69. The minimum absolute atomic E-state index is 0.0622. The highest BCUT2D eigenvalue weighted by Crippen LogP contribution is 2.50. The van der Waals surface area contributed by atoms with Crippen LogP contribution in [0.15, 0.2) is 53.3 Å². The van der Waals surface area contributed by atoms with Gasteiger partial charge in [0.25, 0.3) is 0 Å². The molecule has 198 valence electrons. The zero-order valence-electron chi connectivity index (χ0n) is 22.4. The van der Waals surface area contributed by atoms with Gasteiger partial charge in [-0.15, -0.1) is 0 Å². The Morgan fingerprint density at radius 1 is 0.842 bits per heavy atom. The molecule has 2 aliphatic rings. The predicted molar refractivity (Wildman–Crippen MR) is 148 cm³/mol. The summed E-state index contributed by atoms with van der Waals surface area (Å²) >= 11 is 0. The highest BCUT2D eigenvalue weighted by Gasteiger charge is 2.30. The van der Waals surface area contributed by atoms with E-state index in [0.717, 1.165) is 41.5 Å². The predicted octanol–water partition coefficient (Wildman–Crippen LogP) is 5.35. The van der Waals surface area contributed by atoms with E-state index in [1.807, 2.05) is 24.3 Å². The van der Waals surface area contributed by atoms with Crippen molar-refractivity contribution in [1.82, 2.24) is 5.32 Å². The van der Waals surface area contributed by atoms with Crippen LogP contribution in [0.3, 0.4) is 0 Å². The van der Waals surface area contributed by atoms with Gasteiger partial charge in [0, 0.05) is 12.5 Å². The molecule has 2 aliphatic carbocycles. The molecule has 0 saturated carbocycles. The molecule has 0 fully saturated rings. The molecule has 0 unspecified atom stereocenters. The number of fused-ring (bicyclic) bond motifs is 4. The Bertz CT molecular complexity index is 1430. The van der Waals surface area contributed by atoms with Crippen molar-refractivity contribution in [2.75, 3.05) is 26.6 Å². The molecule has 1 amide bonds. The molecule has 0 heterocycles. The molecule has 2 N–H and O–H groups in total. The molecule has 0 spiro atoms. The second-order valence-electron chi connectivity index (χ2n) is 9.88. The van der Waals surface area contributed by atoms with Crippen LogP contribution < -0.4 is 30.3 Å². The van der Waals surface area contributed by atoms with E-state index < -0.39 is 0 Å². The molecule has 0 radical (unpaired) electrons. The summed E-state index contributed by atoms with van der Waals surface area (Å²) in [5, 5.41) is 6.60. The lowest BCUT2D eigenvalue weighted by Gasteiger charge is -2.26. The average Bonchev–Trinajstić information content (AvgIpc) is 3.16. The molecule has 0 aliphatic heterocycles. The SMILES string of the molecule is COc1cc2c(c(OC)c1OC)-c1ccc(N[C@@H]3CCCc4ccccc43)c(=O)cc1[C@H](NC(C)=O)CC2. The minimum atomic E-state index is -0.333. The second-order valence-corrected chi connectivity index (χ2v) is 9.88. The molecule has 3 aromatic carbocycles. The van der Waals surface area contributed by atoms with Crippen LogP contribution in [0.1, 0.15) is 60.5 Å². The lowest BCUT2D eigenvalue weighted by Crippen LogP contribution is -2.26. The fraction of sp³-hybridized carbons (Fsp3) is 0.355. The van der Waals surface area contributed by atoms with Crippen molar-refractivity contribution in [3.63, 3.8) is 0 Å². The Balaban J connectivity index is 1.69. The summed E-state index contributed by atoms with van der Waals surface area (Å²) in [7, 11) is 4.78. The maximum Gasteiger partial charge on any atom is 0.217 e. The Labute approximate surface area is 223 Å². The molecule has 2 atom stereocenters. The van der Waals surface area contributed by atoms with E-state index in [0.29, 0.717) is 35.8 Å². The van der Waals surface area contributed by atoms with E-state index in [9.17, 15) is 9.59 Å². The number of amides is 1. The maximum absolute atomic E-state index is 13.7. The Morgan fingerprint density at radius 3 is 2.37 bits per heavy atom. The Kier molecular flexibility index (Phi) is 7.27. The number of aryl methyl sites for hydroxylation is 2. The number of carbonyl (C=O) groups excluding carboxylic acids is 1. The normalized spacial score (nSPS) is 17.7. The van der Waals surface area contributed by atoms with E-state index in [1.165, 1.54) is 18.1 Å². The van der Waals surface area contributed by atoms with Crippen LogP contribution in [0, 0.1) is 0 Å². The van der Waals surface area contributed by atoms with Crippen LogP contribution >= 0.6 is 0 Å². The fourth-order valence-electron chi connectivity index (χ4n) is 5.92. The van der Waals surface area contributed by atoms with Crippen molar-refractivity contribution >= 4 is 11.6 Å². The molecular formula is C31H34N2O5. The van der Waals surface area contributed by atoms with Crippen LogP contribution in [0.5, 0.6) is 17.2 Å². The highest BCUT2D eigenvalue weighted by molar-refractivity contribution is 5.83. The second kappa shape index (κ2) is 10.8. The van der Waals surface area contributed by atoms with Gasteiger partial charge in [0.05, 0.1) is 39.1 Å². The molecule has 0 aromatic heterocycles. The number of carbonyl (C=O) groups is 1. The van der Waals surface area contributed by atoms with Crippen molar-refractivity contribution in [1.29, 1.82) is 0 Å². The lowest BCUT2D eigenvalue weighted by atomic mass is 9.87. The topological polar surface area (TPSA) is 85.9 Å². The number of ether oxygens (including phenoxy) is 3. The molecule has 0 saturated heterocycles. The molecule has 0 bridgehead atoms. The number of rotatable bonds is 6. The number of anilines is 1. The van der Waals surface area contributed by atoms with Crippen LogP contribution in [0.4, 0.5) is 5.69 Å². The van der Waals surface area contributed by atoms with Gasteiger partial charge >= 0.3 is 0 Å². The highest BCUT2D eigenvalue weighted by atomic mass is 16.5. The van der Waals surface area contributed by atoms with Crippen molar-refractivity contribution < 1.29 is 19.0 Å². The number of hydrogen-bond donors (Lipinski definition) is 2. The minimum Gasteiger partial charge on any atom is -0.493 e. The summed E-state index contributed by atoms with van der Waals surface area (Å²) in [5.74, 6) is 1.46. The van der Waals surface area contributed by atoms with Gasteiger partial charge in [0.2, 0.25) is 17.1 Å². The van der Waals surface area contributed by atoms with Gasteiger partial charge in [0.15, 0.2) is 11.5 Å². The molecule has 3 aromatic rings. The van der Waals surface area contributed by atoms with Crippen LogP contribution in [0.25, 0.3) is 11.1 Å². The Hall–Kier alpha value is -4.00. The van der Waals surface area contributed by atoms with Crippen LogP contribution in [-0.4, -0.2) is 27.2 Å². The monoisotopic (exact) mass is 514 g/mol. The fourth-order valence-corrected chi connectivity index (χ4v) is 5.92. The van der Waals surface area contributed by atoms with E-state index in [1.54, 1.807) is 27.4 Å². The quantitative estimate of drug-likeness (QED) is 0.461. The molecule has 38 heavy (non-hydrogen) atoms. The smallest absolute Gasteiger partial charge is 0.217 e. The van der Waals surface area contributed by atoms with E-state index in [-0.39, 0.29) is 23.4 Å². The van der Waals surface area contributed by atoms with Crippen LogP contribution in [0.2, 0.25) is 0 Å². The van der Waals surface area contributed by atoms with E-state index in [4.69, 9.17) is 14.2 Å². The number of hydrogen-bond acceptors (Lipinski definition) is 6. The summed E-state index contributed by atoms with van der Waals surface area (Å²) < 4.78 is 17.2. The van der Waals surface area contributed by atoms with Crippen molar-refractivity contribution in [2.24, 2.45) is 0 Å². The Morgan fingerprint density at radius 2 is 1.63 bits per heavy atom. The number of nitrogens with one attached hydrogen (secondary N) is 2. The zero-order valence-corrected chi connectivity index (χ0v) is 22.4. The third-order valence-corrected chi connectivity index (χ3v) is 7.62. The first-order chi connectivity index (χ1) is 18.4. The van der Waals surface area contributed by atoms with Gasteiger partial charge in [0.1, 0.15) is 0 Å². The lowest BCUT2D eigenvalue weighted by molar-refractivity contribution is -0.119. The molecule has 7 nitrogen and oxygen atoms in total. The van der Waals surface area contributed by atoms with E-state index >= 15 is 0 Å². The van der Waals surface area contributed by atoms with Gasteiger partial charge < -0.3 is 24.8 Å². The summed E-state index contributed by atoms with van der Waals surface area (Å²) in [6, 6.07) is 15.6. The zero-order chi connectivity index (χ0) is 26.8. The third-order valence-electron chi connectivity index (χ3n) is 7.62. The standard InChI is InChI=1S/C31H34N2O5/c1-18(34)32-25-14-12-20-16-28(36-2)30(37-3)31(38-4)29(20)22-13-15-26(27(35)17-23(22)25)33-24-11-7-9-19-8-5-6-10-21(19)24/h5-6,8,10,13,15-17,24-25H,7,9,11-12,14H2,1-4H3,(H,32,34)(H,33,35)/t24-,25-/m1/s1. The maximum atomic E-state index is 13.7. The van der Waals surface area contributed by atoms with E-state index in [2.05, 4.69) is 28.8 Å². The van der Waals surface area contributed by atoms with Crippen molar-refractivity contribution in [3.8, 4) is 28.4 Å². The van der Waals surface area contributed by atoms with Gasteiger partial charge in [-0.1, -0.05) is 30.3 Å². The van der Waals surface area contributed by atoms with Gasteiger partial charge in [-0.05, 0) is 78.1 Å². The first kappa shape index (κ1) is 25.6. The van der Waals surface area contributed by atoms with Crippen molar-refractivity contribution in [2.45, 2.75) is 51.1 Å². The largest absolute Gasteiger partial charge is 0.493 e. The summed E-state index contributed by atoms with van der Waals surface area (Å²) in [6.07, 6.45) is 4.36. The van der Waals surface area contributed by atoms with Crippen LogP contribution in [-0.2, 0) is 17.6 Å². The van der Waals surface area contributed by atoms with Gasteiger partial charge in [-0.25, -0.2) is 0 Å². The number of methoxy groups -OCH3 is 3. The average molecular weight is 515 g/mol.